The summed E-state index contributed by atoms with van der Waals surface area (Å²) in [4.78, 5) is 54.6. The van der Waals surface area contributed by atoms with E-state index in [0.29, 0.717) is 49.9 Å². The second-order valence-electron chi connectivity index (χ2n) is 13.3. The van der Waals surface area contributed by atoms with Crippen LogP contribution in [0.4, 0.5) is 10.5 Å². The van der Waals surface area contributed by atoms with Gasteiger partial charge in [-0.2, -0.15) is 0 Å². The fourth-order valence-electron chi connectivity index (χ4n) is 7.58. The second-order valence-corrected chi connectivity index (χ2v) is 13.7. The molecule has 254 valence electrons. The molecule has 7 rings (SSSR count). The molecule has 1 aliphatic carbocycles. The molecule has 2 atom stereocenters. The molecule has 0 unspecified atom stereocenters. The standard InChI is InChI=1S/C37H41ClN8O3/c38-29-8-9-31-28(21-29)7-6-27-4-2-12-41-34(27)35(31)46-18-17-45(33(47)20-25-10-14-44(15-11-25)37(39)49)23-32(46)36(48)42-30-5-1-3-26(19-30)22-43-16-13-40-24-43/h1-5,8-9,12-13,16,19,21,24-25,32,35H,6-7,10-11,14-15,17-18,20,22-23H2,(H2,39,49)(H,42,48)/t32-,35-/m0/s1. The molecule has 3 N–H and O–H groups in total. The number of likely N-dealkylation sites (tertiary alicyclic amines) is 1. The lowest BCUT2D eigenvalue weighted by Crippen LogP contribution is -2.60. The molecular weight excluding hydrogens is 640 g/mol. The highest BCUT2D eigenvalue weighted by Crippen LogP contribution is 2.39. The van der Waals surface area contributed by atoms with Gasteiger partial charge in [-0.25, -0.2) is 9.78 Å². The number of imidazole rings is 1. The van der Waals surface area contributed by atoms with E-state index in [2.05, 4.69) is 27.3 Å². The highest BCUT2D eigenvalue weighted by molar-refractivity contribution is 6.30. The minimum atomic E-state index is -0.645. The minimum Gasteiger partial charge on any atom is -0.351 e. The Balaban J connectivity index is 1.18. The molecule has 2 saturated heterocycles. The van der Waals surface area contributed by atoms with Gasteiger partial charge in [0.1, 0.15) is 6.04 Å². The van der Waals surface area contributed by atoms with Gasteiger partial charge in [0, 0.05) is 75.0 Å². The number of piperidine rings is 1. The molecule has 0 bridgehead atoms. The molecule has 4 heterocycles. The monoisotopic (exact) mass is 680 g/mol. The Morgan fingerprint density at radius 3 is 2.55 bits per heavy atom. The predicted octanol–water partition coefficient (Wildman–Crippen LogP) is 4.50. The molecule has 0 saturated carbocycles. The Bertz CT molecular complexity index is 1820. The molecule has 2 aliphatic heterocycles. The molecular formula is C37H41ClN8O3. The smallest absolute Gasteiger partial charge is 0.314 e. The SMILES string of the molecule is NC(=O)N1CCC(CC(=O)N2CCN([C@H]3c4ccc(Cl)cc4CCc4cccnc43)[C@H](C(=O)Nc3cccc(Cn4ccnc4)c3)C2)CC1. The number of primary amides is 1. The number of rotatable bonds is 7. The summed E-state index contributed by atoms with van der Waals surface area (Å²) in [5, 5.41) is 3.87. The number of nitrogens with zero attached hydrogens (tertiary/aromatic N) is 6. The number of urea groups is 1. The summed E-state index contributed by atoms with van der Waals surface area (Å²) in [6.45, 7) is 2.98. The van der Waals surface area contributed by atoms with Gasteiger partial charge in [-0.3, -0.25) is 19.5 Å². The van der Waals surface area contributed by atoms with Crippen LogP contribution in [0.15, 0.2) is 79.5 Å². The Morgan fingerprint density at radius 2 is 1.76 bits per heavy atom. The Labute approximate surface area is 291 Å². The first-order valence-electron chi connectivity index (χ1n) is 17.0. The first kappa shape index (κ1) is 32.8. The van der Waals surface area contributed by atoms with Crippen LogP contribution in [0, 0.1) is 5.92 Å². The first-order chi connectivity index (χ1) is 23.8. The van der Waals surface area contributed by atoms with Crippen LogP contribution >= 0.6 is 11.6 Å². The van der Waals surface area contributed by atoms with Crippen molar-refractivity contribution in [1.82, 2.24) is 29.2 Å². The van der Waals surface area contributed by atoms with Gasteiger partial charge < -0.3 is 25.4 Å². The van der Waals surface area contributed by atoms with Crippen LogP contribution in [0.25, 0.3) is 0 Å². The fraction of sp³-hybridized carbons (Fsp3) is 0.378. The molecule has 0 radical (unpaired) electrons. The van der Waals surface area contributed by atoms with E-state index in [-0.39, 0.29) is 30.3 Å². The number of fused-ring (bicyclic) bond motifs is 2. The van der Waals surface area contributed by atoms with E-state index in [1.54, 1.807) is 17.4 Å². The number of nitrogens with two attached hydrogens (primary N) is 1. The molecule has 11 nitrogen and oxygen atoms in total. The number of amides is 4. The fourth-order valence-corrected chi connectivity index (χ4v) is 7.78. The van der Waals surface area contributed by atoms with Crippen molar-refractivity contribution in [3.05, 3.63) is 112 Å². The number of pyridine rings is 1. The average molecular weight is 681 g/mol. The number of aryl methyl sites for hydroxylation is 2. The Morgan fingerprint density at radius 1 is 0.918 bits per heavy atom. The maximum Gasteiger partial charge on any atom is 0.314 e. The van der Waals surface area contributed by atoms with E-state index in [1.807, 2.05) is 64.3 Å². The Kier molecular flexibility index (Phi) is 9.63. The number of anilines is 1. The zero-order chi connectivity index (χ0) is 33.9. The second kappa shape index (κ2) is 14.4. The summed E-state index contributed by atoms with van der Waals surface area (Å²) < 4.78 is 1.98. The molecule has 4 aromatic rings. The van der Waals surface area contributed by atoms with Gasteiger partial charge in [0.2, 0.25) is 11.8 Å². The van der Waals surface area contributed by atoms with Crippen molar-refractivity contribution in [2.24, 2.45) is 11.7 Å². The summed E-state index contributed by atoms with van der Waals surface area (Å²) in [6.07, 6.45) is 10.7. The van der Waals surface area contributed by atoms with Gasteiger partial charge in [-0.05, 0) is 84.2 Å². The normalized spacial score (nSPS) is 19.9. The zero-order valence-electron chi connectivity index (χ0n) is 27.4. The molecule has 2 aromatic heterocycles. The Hall–Kier alpha value is -4.74. The van der Waals surface area contributed by atoms with Crippen molar-refractivity contribution in [3.63, 3.8) is 0 Å². The van der Waals surface area contributed by atoms with Gasteiger partial charge >= 0.3 is 6.03 Å². The third kappa shape index (κ3) is 7.33. The zero-order valence-corrected chi connectivity index (χ0v) is 28.1. The van der Waals surface area contributed by atoms with Gasteiger partial charge in [0.25, 0.3) is 0 Å². The van der Waals surface area contributed by atoms with Crippen molar-refractivity contribution in [2.75, 3.05) is 38.0 Å². The number of aromatic nitrogens is 3. The van der Waals surface area contributed by atoms with Gasteiger partial charge in [0.05, 0.1) is 18.1 Å². The molecule has 2 aromatic carbocycles. The number of benzene rings is 2. The predicted molar refractivity (Wildman–Crippen MR) is 187 cm³/mol. The summed E-state index contributed by atoms with van der Waals surface area (Å²) in [5.41, 5.74) is 11.5. The maximum absolute atomic E-state index is 14.5. The number of nitrogens with one attached hydrogen (secondary N) is 1. The molecule has 4 amide bonds. The van der Waals surface area contributed by atoms with Crippen molar-refractivity contribution < 1.29 is 14.4 Å². The van der Waals surface area contributed by atoms with Gasteiger partial charge in [0.15, 0.2) is 0 Å². The van der Waals surface area contributed by atoms with E-state index in [9.17, 15) is 14.4 Å². The number of carbonyl (C=O) groups excluding carboxylic acids is 3. The third-order valence-corrected chi connectivity index (χ3v) is 10.4. The molecule has 49 heavy (non-hydrogen) atoms. The van der Waals surface area contributed by atoms with Crippen molar-refractivity contribution in [1.29, 1.82) is 0 Å². The lowest BCUT2D eigenvalue weighted by molar-refractivity contribution is -0.138. The number of halogens is 1. The van der Waals surface area contributed by atoms with E-state index in [1.165, 1.54) is 0 Å². The number of carbonyl (C=O) groups is 3. The van der Waals surface area contributed by atoms with Crippen LogP contribution in [0.5, 0.6) is 0 Å². The van der Waals surface area contributed by atoms with Crippen molar-refractivity contribution in [3.8, 4) is 0 Å². The lowest BCUT2D eigenvalue weighted by Gasteiger charge is -2.45. The van der Waals surface area contributed by atoms with E-state index < -0.39 is 12.1 Å². The summed E-state index contributed by atoms with van der Waals surface area (Å²) >= 11 is 6.49. The highest BCUT2D eigenvalue weighted by atomic mass is 35.5. The average Bonchev–Trinajstić information content (AvgIpc) is 3.56. The van der Waals surface area contributed by atoms with Gasteiger partial charge in [-0.1, -0.05) is 35.9 Å². The van der Waals surface area contributed by atoms with Crippen LogP contribution in [-0.4, -0.2) is 85.8 Å². The third-order valence-electron chi connectivity index (χ3n) is 10.2. The minimum absolute atomic E-state index is 0.0314. The first-order valence-corrected chi connectivity index (χ1v) is 17.4. The highest BCUT2D eigenvalue weighted by Gasteiger charge is 2.42. The lowest BCUT2D eigenvalue weighted by atomic mass is 9.92. The summed E-state index contributed by atoms with van der Waals surface area (Å²) in [6, 6.07) is 16.6. The van der Waals surface area contributed by atoms with Crippen LogP contribution in [-0.2, 0) is 29.0 Å². The van der Waals surface area contributed by atoms with Crippen LogP contribution in [0.1, 0.15) is 53.3 Å². The number of hydrogen-bond donors (Lipinski definition) is 2. The van der Waals surface area contributed by atoms with E-state index >= 15 is 0 Å². The van der Waals surface area contributed by atoms with E-state index in [0.717, 1.165) is 53.6 Å². The maximum atomic E-state index is 14.5. The molecule has 3 aliphatic rings. The van der Waals surface area contributed by atoms with Crippen molar-refractivity contribution in [2.45, 2.75) is 50.7 Å². The summed E-state index contributed by atoms with van der Waals surface area (Å²) in [5.74, 6) is 0.0226. The molecule has 2 fully saturated rings. The quantitative estimate of drug-likeness (QED) is 0.296. The number of piperazine rings is 1. The van der Waals surface area contributed by atoms with Crippen LogP contribution in [0.3, 0.4) is 0 Å². The number of hydrogen-bond acceptors (Lipinski definition) is 6. The van der Waals surface area contributed by atoms with Crippen LogP contribution in [0.2, 0.25) is 5.02 Å². The van der Waals surface area contributed by atoms with E-state index in [4.69, 9.17) is 22.3 Å². The topological polar surface area (TPSA) is 130 Å². The van der Waals surface area contributed by atoms with Gasteiger partial charge in [-0.15, -0.1) is 0 Å². The molecule has 0 spiro atoms. The molecule has 12 heteroatoms. The van der Waals surface area contributed by atoms with Crippen molar-refractivity contribution >= 4 is 35.1 Å². The largest absolute Gasteiger partial charge is 0.351 e. The summed E-state index contributed by atoms with van der Waals surface area (Å²) in [7, 11) is 0. The van der Waals surface area contributed by atoms with Crippen LogP contribution < -0.4 is 11.1 Å².